The molecule has 1 aliphatic heterocycles. The summed E-state index contributed by atoms with van der Waals surface area (Å²) in [5, 5.41) is 2.94. The van der Waals surface area contributed by atoms with Crippen molar-refractivity contribution in [3.63, 3.8) is 0 Å². The van der Waals surface area contributed by atoms with E-state index in [-0.39, 0.29) is 18.4 Å². The number of nitrogens with two attached hydrogens (primary N) is 1. The number of anilines is 1. The molecule has 120 valence electrons. The molecule has 1 aliphatic rings. The summed E-state index contributed by atoms with van der Waals surface area (Å²) < 4.78 is 10.4. The van der Waals surface area contributed by atoms with Crippen molar-refractivity contribution < 1.29 is 14.3 Å². The molecule has 0 atom stereocenters. The third-order valence-corrected chi connectivity index (χ3v) is 3.50. The number of likely N-dealkylation sites (tertiary alicyclic amines) is 1. The van der Waals surface area contributed by atoms with Gasteiger partial charge >= 0.3 is 0 Å². The number of carbonyl (C=O) groups is 1. The zero-order valence-electron chi connectivity index (χ0n) is 13.0. The van der Waals surface area contributed by atoms with Gasteiger partial charge in [-0.2, -0.15) is 0 Å². The fourth-order valence-electron chi connectivity index (χ4n) is 2.32. The molecule has 0 spiro atoms. The topological polar surface area (TPSA) is 89.2 Å². The van der Waals surface area contributed by atoms with Gasteiger partial charge in [0.2, 0.25) is 5.91 Å². The van der Waals surface area contributed by atoms with Gasteiger partial charge in [-0.1, -0.05) is 0 Å². The first-order valence-corrected chi connectivity index (χ1v) is 7.21. The second-order valence-corrected chi connectivity index (χ2v) is 4.98. The molecule has 0 radical (unpaired) electrons. The van der Waals surface area contributed by atoms with Gasteiger partial charge in [-0.3, -0.25) is 4.79 Å². The van der Waals surface area contributed by atoms with E-state index in [1.54, 1.807) is 32.4 Å². The largest absolute Gasteiger partial charge is 0.493 e. The molecule has 1 aromatic rings. The molecule has 1 amide bonds. The number of amides is 1. The first-order chi connectivity index (χ1) is 10.6. The highest BCUT2D eigenvalue weighted by molar-refractivity contribution is 5.94. The lowest BCUT2D eigenvalue weighted by molar-refractivity contribution is -0.128. The van der Waals surface area contributed by atoms with Crippen LogP contribution in [0.3, 0.4) is 0 Å². The fourth-order valence-corrected chi connectivity index (χ4v) is 2.32. The number of aliphatic imine (C=N–C) groups is 1. The Hall–Kier alpha value is -2.44. The molecule has 1 fully saturated rings. The van der Waals surface area contributed by atoms with Crippen molar-refractivity contribution in [2.24, 2.45) is 10.7 Å². The third kappa shape index (κ3) is 4.03. The Bertz CT molecular complexity index is 554. The Morgan fingerprint density at radius 1 is 1.27 bits per heavy atom. The molecule has 3 N–H and O–H groups in total. The van der Waals surface area contributed by atoms with E-state index in [2.05, 4.69) is 10.3 Å². The van der Waals surface area contributed by atoms with Gasteiger partial charge in [0.1, 0.15) is 6.54 Å². The minimum absolute atomic E-state index is 0.00885. The molecule has 0 aliphatic carbocycles. The summed E-state index contributed by atoms with van der Waals surface area (Å²) in [6.07, 6.45) is 2.13. The number of benzene rings is 1. The molecule has 1 saturated heterocycles. The third-order valence-electron chi connectivity index (χ3n) is 3.50. The molecule has 0 unspecified atom stereocenters. The Labute approximate surface area is 130 Å². The van der Waals surface area contributed by atoms with Crippen molar-refractivity contribution in [2.45, 2.75) is 12.8 Å². The van der Waals surface area contributed by atoms with Crippen LogP contribution < -0.4 is 20.5 Å². The van der Waals surface area contributed by atoms with Crippen molar-refractivity contribution >= 4 is 17.6 Å². The molecule has 0 saturated carbocycles. The van der Waals surface area contributed by atoms with Gasteiger partial charge in [-0.05, 0) is 25.0 Å². The quantitative estimate of drug-likeness (QED) is 0.627. The predicted molar refractivity (Wildman–Crippen MR) is 85.5 cm³/mol. The van der Waals surface area contributed by atoms with Crippen molar-refractivity contribution in [2.75, 3.05) is 39.2 Å². The van der Waals surface area contributed by atoms with Gasteiger partial charge in [0, 0.05) is 24.8 Å². The maximum atomic E-state index is 11.9. The van der Waals surface area contributed by atoms with Crippen LogP contribution >= 0.6 is 0 Å². The number of rotatable bonds is 5. The minimum Gasteiger partial charge on any atom is -0.493 e. The van der Waals surface area contributed by atoms with Crippen LogP contribution in [-0.4, -0.2) is 50.6 Å². The smallest absolute Gasteiger partial charge is 0.244 e. The first-order valence-electron chi connectivity index (χ1n) is 7.21. The number of nitrogens with one attached hydrogen (secondary N) is 1. The Kier molecular flexibility index (Phi) is 5.46. The average Bonchev–Trinajstić information content (AvgIpc) is 3.07. The van der Waals surface area contributed by atoms with Crippen molar-refractivity contribution in [1.82, 2.24) is 4.90 Å². The van der Waals surface area contributed by atoms with Crippen LogP contribution in [0, 0.1) is 0 Å². The van der Waals surface area contributed by atoms with Crippen LogP contribution in [0.2, 0.25) is 0 Å². The summed E-state index contributed by atoms with van der Waals surface area (Å²) in [5.74, 6) is 1.43. The molecular formula is C15H22N4O3. The van der Waals surface area contributed by atoms with E-state index in [9.17, 15) is 4.79 Å². The minimum atomic E-state index is 0.00885. The molecule has 2 rings (SSSR count). The highest BCUT2D eigenvalue weighted by Gasteiger charge is 2.17. The summed E-state index contributed by atoms with van der Waals surface area (Å²) in [6.45, 7) is 1.70. The average molecular weight is 306 g/mol. The molecule has 7 heteroatoms. The number of methoxy groups -OCH3 is 2. The van der Waals surface area contributed by atoms with Gasteiger partial charge in [0.25, 0.3) is 0 Å². The molecule has 7 nitrogen and oxygen atoms in total. The van der Waals surface area contributed by atoms with E-state index in [0.717, 1.165) is 25.9 Å². The second kappa shape index (κ2) is 7.53. The zero-order chi connectivity index (χ0) is 15.9. The van der Waals surface area contributed by atoms with E-state index < -0.39 is 0 Å². The molecule has 0 bridgehead atoms. The lowest BCUT2D eigenvalue weighted by atomic mass is 10.3. The number of carbonyl (C=O) groups excluding carboxylic acids is 1. The van der Waals surface area contributed by atoms with Gasteiger partial charge in [-0.25, -0.2) is 4.99 Å². The maximum absolute atomic E-state index is 11.9. The van der Waals surface area contributed by atoms with E-state index >= 15 is 0 Å². The van der Waals surface area contributed by atoms with Gasteiger partial charge < -0.3 is 25.4 Å². The summed E-state index contributed by atoms with van der Waals surface area (Å²) in [4.78, 5) is 17.8. The second-order valence-electron chi connectivity index (χ2n) is 4.98. The molecule has 1 heterocycles. The highest BCUT2D eigenvalue weighted by Crippen LogP contribution is 2.29. The first kappa shape index (κ1) is 15.9. The summed E-state index contributed by atoms with van der Waals surface area (Å²) >= 11 is 0. The van der Waals surface area contributed by atoms with Crippen LogP contribution in [0.15, 0.2) is 23.2 Å². The Morgan fingerprint density at radius 2 is 1.95 bits per heavy atom. The lowest BCUT2D eigenvalue weighted by Gasteiger charge is -2.14. The van der Waals surface area contributed by atoms with Gasteiger partial charge in [-0.15, -0.1) is 0 Å². The summed E-state index contributed by atoms with van der Waals surface area (Å²) in [7, 11) is 3.14. The standard InChI is InChI=1S/C15H22N4O3/c1-21-12-6-5-11(9-13(12)22-2)18-15(16)17-10-14(20)19-7-3-4-8-19/h5-6,9H,3-4,7-8,10H2,1-2H3,(H3,16,17,18). The number of ether oxygens (including phenoxy) is 2. The van der Waals surface area contributed by atoms with E-state index in [1.807, 2.05) is 4.90 Å². The zero-order valence-corrected chi connectivity index (χ0v) is 13.0. The summed E-state index contributed by atoms with van der Waals surface area (Å²) in [5.41, 5.74) is 6.53. The number of nitrogens with zero attached hydrogens (tertiary/aromatic N) is 2. The monoisotopic (exact) mass is 306 g/mol. The lowest BCUT2D eigenvalue weighted by Crippen LogP contribution is -2.31. The Morgan fingerprint density at radius 3 is 2.59 bits per heavy atom. The number of hydrogen-bond acceptors (Lipinski definition) is 4. The Balaban J connectivity index is 1.94. The molecule has 1 aromatic carbocycles. The molecule has 22 heavy (non-hydrogen) atoms. The molecule has 0 aromatic heterocycles. The normalized spacial score (nSPS) is 14.8. The van der Waals surface area contributed by atoms with Crippen LogP contribution in [0.1, 0.15) is 12.8 Å². The SMILES string of the molecule is COc1ccc(NC(N)=NCC(=O)N2CCCC2)cc1OC. The highest BCUT2D eigenvalue weighted by atomic mass is 16.5. The number of hydrogen-bond donors (Lipinski definition) is 2. The van der Waals surface area contributed by atoms with E-state index in [4.69, 9.17) is 15.2 Å². The molecular weight excluding hydrogens is 284 g/mol. The van der Waals surface area contributed by atoms with Crippen molar-refractivity contribution in [3.8, 4) is 11.5 Å². The van der Waals surface area contributed by atoms with E-state index in [0.29, 0.717) is 17.2 Å². The summed E-state index contributed by atoms with van der Waals surface area (Å²) in [6, 6.07) is 5.32. The maximum Gasteiger partial charge on any atom is 0.244 e. The van der Waals surface area contributed by atoms with Gasteiger partial charge in [0.05, 0.1) is 14.2 Å². The van der Waals surface area contributed by atoms with Crippen LogP contribution in [0.25, 0.3) is 0 Å². The van der Waals surface area contributed by atoms with E-state index in [1.165, 1.54) is 0 Å². The predicted octanol–water partition coefficient (Wildman–Crippen LogP) is 1.05. The fraction of sp³-hybridized carbons (Fsp3) is 0.467. The van der Waals surface area contributed by atoms with Gasteiger partial charge in [0.15, 0.2) is 17.5 Å². The van der Waals surface area contributed by atoms with Crippen LogP contribution in [-0.2, 0) is 4.79 Å². The van der Waals surface area contributed by atoms with Crippen LogP contribution in [0.4, 0.5) is 5.69 Å². The van der Waals surface area contributed by atoms with Crippen molar-refractivity contribution in [3.05, 3.63) is 18.2 Å². The van der Waals surface area contributed by atoms with Crippen LogP contribution in [0.5, 0.6) is 11.5 Å². The van der Waals surface area contributed by atoms with Crippen molar-refractivity contribution in [1.29, 1.82) is 0 Å². The number of guanidine groups is 1.